The van der Waals surface area contributed by atoms with Crippen LogP contribution < -0.4 is 14.8 Å². The van der Waals surface area contributed by atoms with Gasteiger partial charge in [0, 0.05) is 25.0 Å². The number of esters is 1. The summed E-state index contributed by atoms with van der Waals surface area (Å²) in [5, 5.41) is 2.81. The van der Waals surface area contributed by atoms with Crippen LogP contribution in [0.3, 0.4) is 0 Å². The fourth-order valence-corrected chi connectivity index (χ4v) is 3.56. The average Bonchev–Trinajstić information content (AvgIpc) is 3.11. The van der Waals surface area contributed by atoms with Gasteiger partial charge in [-0.1, -0.05) is 0 Å². The highest BCUT2D eigenvalue weighted by atomic mass is 32.1. The number of amides is 1. The first kappa shape index (κ1) is 21.7. The number of nitrogens with one attached hydrogen (secondary N) is 1. The first-order chi connectivity index (χ1) is 13.5. The molecular weight excluding hydrogens is 382 g/mol. The van der Waals surface area contributed by atoms with Crippen molar-refractivity contribution in [1.82, 2.24) is 0 Å². The first-order valence-corrected chi connectivity index (χ1v) is 9.67. The van der Waals surface area contributed by atoms with E-state index in [9.17, 15) is 9.59 Å². The van der Waals surface area contributed by atoms with Gasteiger partial charge < -0.3 is 24.3 Å². The van der Waals surface area contributed by atoms with Gasteiger partial charge in [-0.3, -0.25) is 4.79 Å². The molecule has 0 atom stereocenters. The lowest BCUT2D eigenvalue weighted by atomic mass is 10.1. The maximum atomic E-state index is 12.3. The van der Waals surface area contributed by atoms with Gasteiger partial charge in [-0.25, -0.2) is 4.79 Å². The van der Waals surface area contributed by atoms with E-state index in [1.165, 1.54) is 11.3 Å². The van der Waals surface area contributed by atoms with Crippen LogP contribution in [0.2, 0.25) is 0 Å². The topological polar surface area (TPSA) is 83.1 Å². The molecule has 0 bridgehead atoms. The number of hydrogen-bond donors (Lipinski definition) is 1. The number of benzene rings is 1. The maximum Gasteiger partial charge on any atom is 0.350 e. The molecule has 152 valence electrons. The highest BCUT2D eigenvalue weighted by Gasteiger charge is 2.20. The molecule has 0 aliphatic rings. The van der Waals surface area contributed by atoms with Crippen molar-refractivity contribution >= 4 is 28.9 Å². The van der Waals surface area contributed by atoms with Crippen LogP contribution in [-0.2, 0) is 14.3 Å². The smallest absolute Gasteiger partial charge is 0.350 e. The third-order valence-electron chi connectivity index (χ3n) is 3.89. The largest absolute Gasteiger partial charge is 0.493 e. The molecule has 0 saturated heterocycles. The minimum Gasteiger partial charge on any atom is -0.493 e. The van der Waals surface area contributed by atoms with Gasteiger partial charge in [0.15, 0.2) is 11.5 Å². The normalized spacial score (nSPS) is 10.4. The summed E-state index contributed by atoms with van der Waals surface area (Å²) >= 11 is 1.25. The van der Waals surface area contributed by atoms with Gasteiger partial charge in [0.25, 0.3) is 0 Å². The molecule has 2 aromatic rings. The Bertz CT molecular complexity index is 817. The molecule has 0 fully saturated rings. The molecule has 1 heterocycles. The van der Waals surface area contributed by atoms with Crippen LogP contribution in [0.4, 0.5) is 5.69 Å². The number of thiophene rings is 1. The van der Waals surface area contributed by atoms with Gasteiger partial charge in [0.2, 0.25) is 5.91 Å². The molecule has 28 heavy (non-hydrogen) atoms. The molecule has 0 radical (unpaired) electrons. The van der Waals surface area contributed by atoms with Gasteiger partial charge in [-0.05, 0) is 43.2 Å². The summed E-state index contributed by atoms with van der Waals surface area (Å²) in [6.07, 6.45) is 0.904. The molecule has 1 aromatic heterocycles. The lowest BCUT2D eigenvalue weighted by Crippen LogP contribution is -2.14. The summed E-state index contributed by atoms with van der Waals surface area (Å²) < 4.78 is 20.7. The minimum absolute atomic E-state index is 0.181. The molecule has 0 aliphatic heterocycles. The Morgan fingerprint density at radius 3 is 2.46 bits per heavy atom. The van der Waals surface area contributed by atoms with Gasteiger partial charge >= 0.3 is 5.97 Å². The molecule has 0 spiro atoms. The van der Waals surface area contributed by atoms with E-state index in [-0.39, 0.29) is 12.5 Å². The van der Waals surface area contributed by atoms with E-state index >= 15 is 0 Å². The Morgan fingerprint density at radius 2 is 1.82 bits per heavy atom. The predicted octanol–water partition coefficient (Wildman–Crippen LogP) is 3.97. The Kier molecular flexibility index (Phi) is 8.28. The Labute approximate surface area is 168 Å². The number of hydrogen-bond acceptors (Lipinski definition) is 7. The molecule has 8 heteroatoms. The van der Waals surface area contributed by atoms with Crippen LogP contribution in [-0.4, -0.2) is 46.4 Å². The molecule has 1 aromatic carbocycles. The van der Waals surface area contributed by atoms with Crippen LogP contribution in [0, 0.1) is 0 Å². The lowest BCUT2D eigenvalue weighted by molar-refractivity contribution is -0.116. The SMILES string of the molecule is CCOC(=O)c1sc(-c2ccc(OC)c(OC)c2)cc1NC(=O)CCCOC. The number of carbonyl (C=O) groups excluding carboxylic acids is 2. The van der Waals surface area contributed by atoms with E-state index in [2.05, 4.69) is 5.32 Å². The number of carbonyl (C=O) groups is 2. The summed E-state index contributed by atoms with van der Waals surface area (Å²) in [7, 11) is 4.72. The van der Waals surface area contributed by atoms with Crippen molar-refractivity contribution < 1.29 is 28.5 Å². The van der Waals surface area contributed by atoms with Crippen LogP contribution in [0.15, 0.2) is 24.3 Å². The average molecular weight is 407 g/mol. The van der Waals surface area contributed by atoms with Crippen molar-refractivity contribution in [3.63, 3.8) is 0 Å². The van der Waals surface area contributed by atoms with Crippen LogP contribution in [0.1, 0.15) is 29.4 Å². The summed E-state index contributed by atoms with van der Waals surface area (Å²) in [5.41, 5.74) is 1.28. The summed E-state index contributed by atoms with van der Waals surface area (Å²) in [6.45, 7) is 2.49. The van der Waals surface area contributed by atoms with E-state index in [1.807, 2.05) is 12.1 Å². The molecular formula is C20H25NO6S. The Morgan fingerprint density at radius 1 is 1.07 bits per heavy atom. The second-order valence-corrected chi connectivity index (χ2v) is 6.84. The van der Waals surface area contributed by atoms with Gasteiger partial charge in [0.1, 0.15) is 4.88 Å². The monoisotopic (exact) mass is 407 g/mol. The van der Waals surface area contributed by atoms with Crippen LogP contribution in [0.5, 0.6) is 11.5 Å². The second kappa shape index (κ2) is 10.7. The zero-order valence-corrected chi connectivity index (χ0v) is 17.3. The minimum atomic E-state index is -0.466. The molecule has 2 rings (SSSR count). The third-order valence-corrected chi connectivity index (χ3v) is 5.05. The molecule has 7 nitrogen and oxygen atoms in total. The Balaban J connectivity index is 2.33. The van der Waals surface area contributed by atoms with Crippen molar-refractivity contribution in [2.24, 2.45) is 0 Å². The standard InChI is InChI=1S/C20H25NO6S/c1-5-27-20(23)19-14(21-18(22)7-6-10-24-2)12-17(28-19)13-8-9-15(25-3)16(11-13)26-4/h8-9,11-12H,5-7,10H2,1-4H3,(H,21,22). The fourth-order valence-electron chi connectivity index (χ4n) is 2.55. The highest BCUT2D eigenvalue weighted by Crippen LogP contribution is 2.39. The number of ether oxygens (including phenoxy) is 4. The molecule has 1 amide bonds. The van der Waals surface area contributed by atoms with Crippen molar-refractivity contribution in [3.05, 3.63) is 29.1 Å². The van der Waals surface area contributed by atoms with Crippen LogP contribution in [0.25, 0.3) is 10.4 Å². The predicted molar refractivity (Wildman–Crippen MR) is 109 cm³/mol. The van der Waals surface area contributed by atoms with Crippen molar-refractivity contribution in [1.29, 1.82) is 0 Å². The number of rotatable bonds is 10. The zero-order valence-electron chi connectivity index (χ0n) is 16.5. The van der Waals surface area contributed by atoms with E-state index < -0.39 is 5.97 Å². The Hall–Kier alpha value is -2.58. The second-order valence-electron chi connectivity index (χ2n) is 5.79. The lowest BCUT2D eigenvalue weighted by Gasteiger charge is -2.08. The van der Waals surface area contributed by atoms with Crippen molar-refractivity contribution in [2.45, 2.75) is 19.8 Å². The third kappa shape index (κ3) is 5.46. The van der Waals surface area contributed by atoms with Crippen LogP contribution >= 0.6 is 11.3 Å². The fraction of sp³-hybridized carbons (Fsp3) is 0.400. The van der Waals surface area contributed by atoms with Gasteiger partial charge in [-0.2, -0.15) is 0 Å². The van der Waals surface area contributed by atoms with Crippen molar-refractivity contribution in [2.75, 3.05) is 39.9 Å². The number of methoxy groups -OCH3 is 3. The maximum absolute atomic E-state index is 12.3. The molecule has 0 saturated carbocycles. The number of anilines is 1. The highest BCUT2D eigenvalue weighted by molar-refractivity contribution is 7.18. The van der Waals surface area contributed by atoms with E-state index in [0.717, 1.165) is 10.4 Å². The van der Waals surface area contributed by atoms with E-state index in [1.54, 1.807) is 40.4 Å². The summed E-state index contributed by atoms with van der Waals surface area (Å²) in [5.74, 6) is 0.544. The van der Waals surface area contributed by atoms with E-state index in [4.69, 9.17) is 18.9 Å². The summed E-state index contributed by atoms with van der Waals surface area (Å²) in [6, 6.07) is 7.25. The molecule has 1 N–H and O–H groups in total. The van der Waals surface area contributed by atoms with Gasteiger partial charge in [0.05, 0.1) is 26.5 Å². The molecule has 0 unspecified atom stereocenters. The molecule has 0 aliphatic carbocycles. The first-order valence-electron chi connectivity index (χ1n) is 8.86. The quantitative estimate of drug-likeness (QED) is 0.474. The summed E-state index contributed by atoms with van der Waals surface area (Å²) in [4.78, 5) is 25.7. The van der Waals surface area contributed by atoms with Gasteiger partial charge in [-0.15, -0.1) is 11.3 Å². The van der Waals surface area contributed by atoms with Crippen molar-refractivity contribution in [3.8, 4) is 21.9 Å². The zero-order chi connectivity index (χ0) is 20.5. The van der Waals surface area contributed by atoms with E-state index in [0.29, 0.717) is 41.5 Å².